The number of fused-ring (bicyclic) bond motifs is 4. The smallest absolute Gasteiger partial charge is 0.135 e. The predicted octanol–water partition coefficient (Wildman–Crippen LogP) is 13.2. The molecule has 0 aliphatic heterocycles. The van der Waals surface area contributed by atoms with E-state index in [1.165, 1.54) is 44.2 Å². The minimum atomic E-state index is 0.896. The topological polar surface area (TPSA) is 16.4 Å². The van der Waals surface area contributed by atoms with Crippen molar-refractivity contribution in [3.63, 3.8) is 0 Å². The van der Waals surface area contributed by atoms with Crippen molar-refractivity contribution in [3.8, 4) is 33.4 Å². The molecule has 2 nitrogen and oxygen atoms in total. The summed E-state index contributed by atoms with van der Waals surface area (Å²) in [4.78, 5) is 2.30. The van der Waals surface area contributed by atoms with Gasteiger partial charge in [0.15, 0.2) is 0 Å². The van der Waals surface area contributed by atoms with E-state index in [4.69, 9.17) is 4.42 Å². The van der Waals surface area contributed by atoms with Gasteiger partial charge < -0.3 is 9.32 Å². The lowest BCUT2D eigenvalue weighted by molar-refractivity contribution is 0.669. The van der Waals surface area contributed by atoms with Crippen LogP contribution in [-0.2, 0) is 0 Å². The molecule has 0 N–H and O–H groups in total. The SMILES string of the molecule is c1ccc(N(c2ccc(-c3ccc(-c4cccc(-c5ccc6ccccc6c5)c4)cc3)cc2)c2ccc3oc4ccccc4c3c2)cc1. The third kappa shape index (κ3) is 5.10. The molecule has 8 aromatic carbocycles. The fraction of sp³-hybridized carbons (Fsp3) is 0. The number of nitrogens with zero attached hydrogens (tertiary/aromatic N) is 1. The maximum Gasteiger partial charge on any atom is 0.135 e. The van der Waals surface area contributed by atoms with Crippen LogP contribution in [-0.4, -0.2) is 0 Å². The molecule has 48 heavy (non-hydrogen) atoms. The molecule has 1 heterocycles. The first-order chi connectivity index (χ1) is 23.8. The van der Waals surface area contributed by atoms with Gasteiger partial charge in [-0.15, -0.1) is 0 Å². The summed E-state index contributed by atoms with van der Waals surface area (Å²) in [7, 11) is 0. The minimum absolute atomic E-state index is 0.896. The lowest BCUT2D eigenvalue weighted by Crippen LogP contribution is -2.09. The molecule has 0 saturated heterocycles. The molecule has 0 spiro atoms. The van der Waals surface area contributed by atoms with Gasteiger partial charge in [0.25, 0.3) is 0 Å². The summed E-state index contributed by atoms with van der Waals surface area (Å²) in [6.07, 6.45) is 0. The molecule has 0 amide bonds. The molecule has 0 saturated carbocycles. The number of hydrogen-bond donors (Lipinski definition) is 0. The Morgan fingerprint density at radius 2 is 0.833 bits per heavy atom. The highest BCUT2D eigenvalue weighted by atomic mass is 16.3. The first kappa shape index (κ1) is 27.9. The molecule has 9 aromatic rings. The van der Waals surface area contributed by atoms with Crippen molar-refractivity contribution < 1.29 is 4.42 Å². The molecule has 0 bridgehead atoms. The molecule has 0 fully saturated rings. The Bertz CT molecular complexity index is 2540. The average molecular weight is 614 g/mol. The molecule has 9 rings (SSSR count). The van der Waals surface area contributed by atoms with Gasteiger partial charge in [0.1, 0.15) is 11.2 Å². The molecular weight excluding hydrogens is 583 g/mol. The van der Waals surface area contributed by atoms with E-state index in [-0.39, 0.29) is 0 Å². The molecule has 0 aliphatic carbocycles. The normalized spacial score (nSPS) is 11.3. The van der Waals surface area contributed by atoms with E-state index in [0.717, 1.165) is 39.0 Å². The Morgan fingerprint density at radius 3 is 1.62 bits per heavy atom. The quantitative estimate of drug-likeness (QED) is 0.185. The van der Waals surface area contributed by atoms with E-state index < -0.39 is 0 Å². The summed E-state index contributed by atoms with van der Waals surface area (Å²) in [5, 5.41) is 4.76. The molecule has 0 atom stereocenters. The van der Waals surface area contributed by atoms with Crippen LogP contribution in [0, 0.1) is 0 Å². The zero-order valence-corrected chi connectivity index (χ0v) is 26.3. The molecule has 2 heteroatoms. The van der Waals surface area contributed by atoms with Crippen LogP contribution < -0.4 is 4.90 Å². The fourth-order valence-corrected chi connectivity index (χ4v) is 6.78. The fourth-order valence-electron chi connectivity index (χ4n) is 6.78. The third-order valence-corrected chi connectivity index (χ3v) is 9.26. The van der Waals surface area contributed by atoms with E-state index in [1.807, 2.05) is 12.1 Å². The molecule has 1 aromatic heterocycles. The van der Waals surface area contributed by atoms with E-state index in [2.05, 4.69) is 181 Å². The second-order valence-corrected chi connectivity index (χ2v) is 12.2. The van der Waals surface area contributed by atoms with E-state index >= 15 is 0 Å². The summed E-state index contributed by atoms with van der Waals surface area (Å²) in [5.74, 6) is 0. The van der Waals surface area contributed by atoms with Crippen LogP contribution in [0.3, 0.4) is 0 Å². The van der Waals surface area contributed by atoms with Crippen LogP contribution >= 0.6 is 0 Å². The summed E-state index contributed by atoms with van der Waals surface area (Å²) < 4.78 is 6.12. The van der Waals surface area contributed by atoms with Crippen LogP contribution in [0.1, 0.15) is 0 Å². The zero-order chi connectivity index (χ0) is 31.9. The van der Waals surface area contributed by atoms with Gasteiger partial charge in [-0.05, 0) is 105 Å². The third-order valence-electron chi connectivity index (χ3n) is 9.26. The van der Waals surface area contributed by atoms with E-state index in [1.54, 1.807) is 0 Å². The second kappa shape index (κ2) is 11.8. The maximum atomic E-state index is 6.12. The number of hydrogen-bond acceptors (Lipinski definition) is 2. The van der Waals surface area contributed by atoms with Crippen LogP contribution in [0.25, 0.3) is 66.1 Å². The molecular formula is C46H31NO. The number of rotatable bonds is 6. The van der Waals surface area contributed by atoms with Crippen molar-refractivity contribution >= 4 is 49.8 Å². The molecule has 226 valence electrons. The minimum Gasteiger partial charge on any atom is -0.456 e. The molecule has 0 aliphatic rings. The van der Waals surface area contributed by atoms with Crippen LogP contribution in [0.15, 0.2) is 192 Å². The summed E-state index contributed by atoms with van der Waals surface area (Å²) >= 11 is 0. The van der Waals surface area contributed by atoms with Crippen LogP contribution in [0.4, 0.5) is 17.1 Å². The lowest BCUT2D eigenvalue weighted by Gasteiger charge is -2.25. The average Bonchev–Trinajstić information content (AvgIpc) is 3.54. The van der Waals surface area contributed by atoms with Crippen molar-refractivity contribution in [1.29, 1.82) is 0 Å². The Hall–Kier alpha value is -6.38. The highest BCUT2D eigenvalue weighted by Gasteiger charge is 2.15. The monoisotopic (exact) mass is 613 g/mol. The van der Waals surface area contributed by atoms with Crippen molar-refractivity contribution in [2.45, 2.75) is 0 Å². The number of para-hydroxylation sites is 2. The number of furan rings is 1. The Labute approximate surface area is 279 Å². The van der Waals surface area contributed by atoms with Gasteiger partial charge in [-0.3, -0.25) is 0 Å². The number of anilines is 3. The summed E-state index contributed by atoms with van der Waals surface area (Å²) in [5.41, 5.74) is 12.3. The number of benzene rings is 8. The second-order valence-electron chi connectivity index (χ2n) is 12.2. The first-order valence-corrected chi connectivity index (χ1v) is 16.3. The van der Waals surface area contributed by atoms with Gasteiger partial charge in [-0.25, -0.2) is 0 Å². The van der Waals surface area contributed by atoms with Gasteiger partial charge in [-0.2, -0.15) is 0 Å². The van der Waals surface area contributed by atoms with E-state index in [9.17, 15) is 0 Å². The van der Waals surface area contributed by atoms with Gasteiger partial charge in [0.2, 0.25) is 0 Å². The van der Waals surface area contributed by atoms with Gasteiger partial charge >= 0.3 is 0 Å². The highest BCUT2D eigenvalue weighted by molar-refractivity contribution is 6.06. The zero-order valence-electron chi connectivity index (χ0n) is 26.3. The maximum absolute atomic E-state index is 6.12. The largest absolute Gasteiger partial charge is 0.456 e. The standard InChI is InChI=1S/C46H31NO/c1-2-13-40(14-3-1)47(42-27-28-46-44(31-42)43-15-6-7-16-45(43)48-46)41-25-23-34(24-26-41)33-17-19-35(20-18-33)37-11-8-12-38(29-37)39-22-21-32-9-4-5-10-36(32)30-39/h1-31H. The Morgan fingerprint density at radius 1 is 0.292 bits per heavy atom. The molecule has 0 radical (unpaired) electrons. The predicted molar refractivity (Wildman–Crippen MR) is 202 cm³/mol. The Balaban J connectivity index is 1.02. The van der Waals surface area contributed by atoms with Crippen LogP contribution in [0.2, 0.25) is 0 Å². The first-order valence-electron chi connectivity index (χ1n) is 16.3. The highest BCUT2D eigenvalue weighted by Crippen LogP contribution is 2.39. The van der Waals surface area contributed by atoms with Crippen molar-refractivity contribution in [1.82, 2.24) is 0 Å². The van der Waals surface area contributed by atoms with Gasteiger partial charge in [-0.1, -0.05) is 127 Å². The van der Waals surface area contributed by atoms with Gasteiger partial charge in [0, 0.05) is 27.8 Å². The summed E-state index contributed by atoms with van der Waals surface area (Å²) in [6, 6.07) is 67.0. The van der Waals surface area contributed by atoms with Gasteiger partial charge in [0.05, 0.1) is 0 Å². The van der Waals surface area contributed by atoms with E-state index in [0.29, 0.717) is 0 Å². The lowest BCUT2D eigenvalue weighted by atomic mass is 9.96. The molecule has 0 unspecified atom stereocenters. The van der Waals surface area contributed by atoms with Crippen molar-refractivity contribution in [3.05, 3.63) is 188 Å². The Kier molecular flexibility index (Phi) is 6.84. The van der Waals surface area contributed by atoms with Crippen molar-refractivity contribution in [2.75, 3.05) is 4.90 Å². The van der Waals surface area contributed by atoms with Crippen molar-refractivity contribution in [2.24, 2.45) is 0 Å². The van der Waals surface area contributed by atoms with Crippen LogP contribution in [0.5, 0.6) is 0 Å². The summed E-state index contributed by atoms with van der Waals surface area (Å²) in [6.45, 7) is 0.